The average molecular weight is 400 g/mol. The first-order valence-corrected chi connectivity index (χ1v) is 9.03. The summed E-state index contributed by atoms with van der Waals surface area (Å²) in [5.41, 5.74) is 2.04. The molecule has 144 valence electrons. The van der Waals surface area contributed by atoms with Crippen LogP contribution in [0.3, 0.4) is 0 Å². The zero-order valence-corrected chi connectivity index (χ0v) is 16.0. The van der Waals surface area contributed by atoms with Crippen LogP contribution in [0.4, 0.5) is 15.8 Å². The van der Waals surface area contributed by atoms with E-state index >= 15 is 0 Å². The molecular formula is C21H19ClFN3O2. The molecule has 0 unspecified atom stereocenters. The number of rotatable bonds is 7. The second kappa shape index (κ2) is 9.19. The van der Waals surface area contributed by atoms with E-state index in [0.717, 1.165) is 5.69 Å². The summed E-state index contributed by atoms with van der Waals surface area (Å²) in [6.45, 7) is 0.522. The van der Waals surface area contributed by atoms with Crippen molar-refractivity contribution in [1.29, 1.82) is 0 Å². The number of pyridine rings is 1. The van der Waals surface area contributed by atoms with Gasteiger partial charge in [0.15, 0.2) is 0 Å². The lowest BCUT2D eigenvalue weighted by Gasteiger charge is -2.11. The Morgan fingerprint density at radius 3 is 2.79 bits per heavy atom. The number of amides is 1. The van der Waals surface area contributed by atoms with Gasteiger partial charge in [0.05, 0.1) is 12.8 Å². The van der Waals surface area contributed by atoms with Crippen LogP contribution in [-0.4, -0.2) is 24.5 Å². The Balaban J connectivity index is 1.65. The molecule has 0 bridgehead atoms. The topological polar surface area (TPSA) is 63.2 Å². The molecule has 0 saturated heterocycles. The van der Waals surface area contributed by atoms with Crippen molar-refractivity contribution in [3.63, 3.8) is 0 Å². The van der Waals surface area contributed by atoms with Gasteiger partial charge in [-0.3, -0.25) is 9.78 Å². The lowest BCUT2D eigenvalue weighted by atomic mass is 10.1. The van der Waals surface area contributed by atoms with Crippen LogP contribution in [-0.2, 0) is 6.42 Å². The molecule has 0 aliphatic rings. The zero-order chi connectivity index (χ0) is 19.9. The number of hydrogen-bond acceptors (Lipinski definition) is 4. The lowest BCUT2D eigenvalue weighted by Crippen LogP contribution is -2.15. The third kappa shape index (κ3) is 4.98. The molecule has 0 aliphatic carbocycles. The summed E-state index contributed by atoms with van der Waals surface area (Å²) >= 11 is 5.99. The van der Waals surface area contributed by atoms with E-state index < -0.39 is 5.91 Å². The minimum atomic E-state index is -0.390. The van der Waals surface area contributed by atoms with E-state index in [2.05, 4.69) is 15.6 Å². The number of halogens is 2. The van der Waals surface area contributed by atoms with Gasteiger partial charge in [0, 0.05) is 23.5 Å². The number of hydrogen-bond donors (Lipinski definition) is 2. The molecule has 7 heteroatoms. The third-order valence-electron chi connectivity index (χ3n) is 4.08. The first kappa shape index (κ1) is 19.6. The van der Waals surface area contributed by atoms with Crippen molar-refractivity contribution in [3.05, 3.63) is 82.9 Å². The van der Waals surface area contributed by atoms with Crippen molar-refractivity contribution in [3.8, 4) is 5.75 Å². The normalized spacial score (nSPS) is 10.4. The maximum absolute atomic E-state index is 13.7. The van der Waals surface area contributed by atoms with Gasteiger partial charge in [0.2, 0.25) is 0 Å². The number of carbonyl (C=O) groups is 1. The molecule has 0 saturated carbocycles. The van der Waals surface area contributed by atoms with Crippen molar-refractivity contribution >= 4 is 28.9 Å². The number of aromatic nitrogens is 1. The minimum Gasteiger partial charge on any atom is -0.495 e. The predicted molar refractivity (Wildman–Crippen MR) is 109 cm³/mol. The summed E-state index contributed by atoms with van der Waals surface area (Å²) < 4.78 is 18.9. The highest BCUT2D eigenvalue weighted by molar-refractivity contribution is 6.31. The molecule has 2 aromatic carbocycles. The summed E-state index contributed by atoms with van der Waals surface area (Å²) in [6.07, 6.45) is 2.06. The summed E-state index contributed by atoms with van der Waals surface area (Å²) in [5.74, 6) is -0.121. The maximum Gasteiger partial charge on any atom is 0.274 e. The fourth-order valence-corrected chi connectivity index (χ4v) is 2.84. The zero-order valence-electron chi connectivity index (χ0n) is 15.2. The van der Waals surface area contributed by atoms with Gasteiger partial charge in [-0.05, 0) is 48.4 Å². The number of carbonyl (C=O) groups excluding carboxylic acids is 1. The number of benzene rings is 2. The smallest absolute Gasteiger partial charge is 0.274 e. The Kier molecular flexibility index (Phi) is 6.45. The molecule has 3 aromatic rings. The molecule has 0 spiro atoms. The summed E-state index contributed by atoms with van der Waals surface area (Å²) in [6, 6.07) is 15.0. The van der Waals surface area contributed by atoms with E-state index in [1.807, 2.05) is 0 Å². The monoisotopic (exact) mass is 399 g/mol. The fraction of sp³-hybridized carbons (Fsp3) is 0.143. The van der Waals surface area contributed by atoms with Gasteiger partial charge in [0.25, 0.3) is 5.91 Å². The number of nitrogens with one attached hydrogen (secondary N) is 2. The van der Waals surface area contributed by atoms with Gasteiger partial charge in [-0.15, -0.1) is 0 Å². The van der Waals surface area contributed by atoms with Crippen LogP contribution in [0, 0.1) is 5.82 Å². The molecule has 28 heavy (non-hydrogen) atoms. The standard InChI is InChI=1S/C21H19ClFN3O2/c1-28-20-7-6-15(22)12-18(20)26-21(27)19-13-16(9-11-25-19)24-10-8-14-4-2-3-5-17(14)23/h2-7,9,11-13H,8,10H2,1H3,(H,24,25)(H,26,27). The second-order valence-electron chi connectivity index (χ2n) is 6.00. The molecule has 1 aromatic heterocycles. The summed E-state index contributed by atoms with van der Waals surface area (Å²) in [5, 5.41) is 6.40. The number of methoxy groups -OCH3 is 1. The molecule has 1 heterocycles. The highest BCUT2D eigenvalue weighted by atomic mass is 35.5. The molecule has 2 N–H and O–H groups in total. The number of ether oxygens (including phenoxy) is 1. The van der Waals surface area contributed by atoms with Crippen LogP contribution < -0.4 is 15.4 Å². The van der Waals surface area contributed by atoms with Crippen LogP contribution in [0.5, 0.6) is 5.75 Å². The number of nitrogens with zero attached hydrogens (tertiary/aromatic N) is 1. The van der Waals surface area contributed by atoms with Crippen molar-refractivity contribution in [2.24, 2.45) is 0 Å². The molecule has 3 rings (SSSR count). The van der Waals surface area contributed by atoms with E-state index in [1.54, 1.807) is 48.5 Å². The van der Waals surface area contributed by atoms with Crippen molar-refractivity contribution < 1.29 is 13.9 Å². The Hall–Kier alpha value is -3.12. The van der Waals surface area contributed by atoms with E-state index in [-0.39, 0.29) is 11.5 Å². The fourth-order valence-electron chi connectivity index (χ4n) is 2.67. The highest BCUT2D eigenvalue weighted by Gasteiger charge is 2.12. The average Bonchev–Trinajstić information content (AvgIpc) is 2.70. The van der Waals surface area contributed by atoms with E-state index in [4.69, 9.17) is 16.3 Å². The van der Waals surface area contributed by atoms with Crippen LogP contribution in [0.15, 0.2) is 60.8 Å². The van der Waals surface area contributed by atoms with Gasteiger partial charge >= 0.3 is 0 Å². The Morgan fingerprint density at radius 1 is 1.18 bits per heavy atom. The van der Waals surface area contributed by atoms with Gasteiger partial charge in [-0.1, -0.05) is 29.8 Å². The molecule has 1 amide bonds. The van der Waals surface area contributed by atoms with Gasteiger partial charge in [0.1, 0.15) is 17.3 Å². The van der Waals surface area contributed by atoms with Gasteiger partial charge in [-0.25, -0.2) is 4.39 Å². The first-order valence-electron chi connectivity index (χ1n) is 8.65. The summed E-state index contributed by atoms with van der Waals surface area (Å²) in [4.78, 5) is 16.6. The van der Waals surface area contributed by atoms with E-state index in [9.17, 15) is 9.18 Å². The Labute approximate surface area is 167 Å². The quantitative estimate of drug-likeness (QED) is 0.599. The molecule has 0 radical (unpaired) electrons. The Morgan fingerprint density at radius 2 is 2.00 bits per heavy atom. The van der Waals surface area contributed by atoms with Crippen molar-refractivity contribution in [1.82, 2.24) is 4.98 Å². The van der Waals surface area contributed by atoms with Crippen LogP contribution in [0.1, 0.15) is 16.1 Å². The van der Waals surface area contributed by atoms with Crippen LogP contribution in [0.25, 0.3) is 0 Å². The van der Waals surface area contributed by atoms with Gasteiger partial charge < -0.3 is 15.4 Å². The van der Waals surface area contributed by atoms with E-state index in [1.165, 1.54) is 19.4 Å². The summed E-state index contributed by atoms with van der Waals surface area (Å²) in [7, 11) is 1.51. The molecule has 0 aliphatic heterocycles. The number of anilines is 2. The first-order chi connectivity index (χ1) is 13.6. The van der Waals surface area contributed by atoms with Crippen LogP contribution >= 0.6 is 11.6 Å². The predicted octanol–water partition coefficient (Wildman–Crippen LogP) is 4.79. The van der Waals surface area contributed by atoms with E-state index in [0.29, 0.717) is 35.0 Å². The minimum absolute atomic E-state index is 0.227. The maximum atomic E-state index is 13.7. The molecule has 0 fully saturated rings. The van der Waals surface area contributed by atoms with Gasteiger partial charge in [-0.2, -0.15) is 0 Å². The van der Waals surface area contributed by atoms with Crippen molar-refractivity contribution in [2.45, 2.75) is 6.42 Å². The largest absolute Gasteiger partial charge is 0.495 e. The van der Waals surface area contributed by atoms with Crippen molar-refractivity contribution in [2.75, 3.05) is 24.3 Å². The molecule has 0 atom stereocenters. The Bertz CT molecular complexity index is 981. The molecule has 5 nitrogen and oxygen atoms in total. The third-order valence-corrected chi connectivity index (χ3v) is 4.32. The molecular weight excluding hydrogens is 381 g/mol. The van der Waals surface area contributed by atoms with Crippen LogP contribution in [0.2, 0.25) is 5.02 Å². The lowest BCUT2D eigenvalue weighted by molar-refractivity contribution is 0.102. The second-order valence-corrected chi connectivity index (χ2v) is 6.43. The highest BCUT2D eigenvalue weighted by Crippen LogP contribution is 2.28. The SMILES string of the molecule is COc1ccc(Cl)cc1NC(=O)c1cc(NCCc2ccccc2F)ccn1.